The summed E-state index contributed by atoms with van der Waals surface area (Å²) in [4.78, 5) is 48.2. The van der Waals surface area contributed by atoms with E-state index in [-0.39, 0.29) is 18.9 Å². The summed E-state index contributed by atoms with van der Waals surface area (Å²) in [5, 5.41) is 12.7. The van der Waals surface area contributed by atoms with Gasteiger partial charge in [0, 0.05) is 31.6 Å². The molecule has 0 aromatic heterocycles. The Kier molecular flexibility index (Phi) is 8.76. The zero-order chi connectivity index (χ0) is 28.0. The minimum absolute atomic E-state index is 0.0626. The maximum absolute atomic E-state index is 13.3. The van der Waals surface area contributed by atoms with Crippen molar-refractivity contribution in [1.82, 2.24) is 4.90 Å². The lowest BCUT2D eigenvalue weighted by Gasteiger charge is -2.17. The second-order valence-electron chi connectivity index (χ2n) is 8.32. The summed E-state index contributed by atoms with van der Waals surface area (Å²) in [6, 6.07) is 7.17. The van der Waals surface area contributed by atoms with Crippen LogP contribution in [0.5, 0.6) is 11.5 Å². The van der Waals surface area contributed by atoms with Gasteiger partial charge in [-0.2, -0.15) is 13.2 Å². The molecule has 0 saturated carbocycles. The molecule has 2 aromatic rings. The zero-order valence-corrected chi connectivity index (χ0v) is 20.4. The van der Waals surface area contributed by atoms with E-state index in [0.29, 0.717) is 30.5 Å². The Bertz CT molecular complexity index is 1230. The molecule has 1 heterocycles. The number of nitrogens with zero attached hydrogens (tertiary/aromatic N) is 2. The zero-order valence-electron chi connectivity index (χ0n) is 20.4. The first-order chi connectivity index (χ1) is 17.9. The standard InChI is InChI=1S/C24H24F3N3O8/c1-36-19-6-3-14(9-20(19)37-2)7-8-29-12-15(10-22(29)32)23(33)38-13-21(31)28-18-5-4-16(30(34)35)11-17(18)24(25,26)27/h3-6,9,11,15H,7-8,10,12-13H2,1-2H3,(H,28,31). The Morgan fingerprint density at radius 3 is 2.47 bits per heavy atom. The number of carbonyl (C=O) groups excluding carboxylic acids is 3. The molecule has 0 bridgehead atoms. The Morgan fingerprint density at radius 1 is 1.13 bits per heavy atom. The number of nitrogens with one attached hydrogen (secondary N) is 1. The average molecular weight is 539 g/mol. The predicted molar refractivity (Wildman–Crippen MR) is 126 cm³/mol. The first kappa shape index (κ1) is 28.2. The fourth-order valence-corrected chi connectivity index (χ4v) is 3.88. The second kappa shape index (κ2) is 11.8. The van der Waals surface area contributed by atoms with Gasteiger partial charge < -0.3 is 24.4 Å². The van der Waals surface area contributed by atoms with Crippen LogP contribution in [-0.2, 0) is 31.7 Å². The van der Waals surface area contributed by atoms with Crippen molar-refractivity contribution in [2.75, 3.05) is 39.2 Å². The van der Waals surface area contributed by atoms with Gasteiger partial charge in [-0.3, -0.25) is 24.5 Å². The van der Waals surface area contributed by atoms with Gasteiger partial charge in [-0.1, -0.05) is 6.07 Å². The van der Waals surface area contributed by atoms with Crippen molar-refractivity contribution >= 4 is 29.2 Å². The minimum atomic E-state index is -4.98. The molecule has 1 saturated heterocycles. The Balaban J connectivity index is 1.53. The number of carbonyl (C=O) groups is 3. The lowest BCUT2D eigenvalue weighted by molar-refractivity contribution is -0.385. The molecule has 0 spiro atoms. The summed E-state index contributed by atoms with van der Waals surface area (Å²) in [5.74, 6) is -1.95. The van der Waals surface area contributed by atoms with Gasteiger partial charge in [-0.15, -0.1) is 0 Å². The molecule has 38 heavy (non-hydrogen) atoms. The van der Waals surface area contributed by atoms with Crippen LogP contribution in [0.1, 0.15) is 17.5 Å². The smallest absolute Gasteiger partial charge is 0.418 e. The summed E-state index contributed by atoms with van der Waals surface area (Å²) >= 11 is 0. The van der Waals surface area contributed by atoms with Gasteiger partial charge in [0.25, 0.3) is 11.6 Å². The maximum atomic E-state index is 13.3. The first-order valence-electron chi connectivity index (χ1n) is 11.2. The van der Waals surface area contributed by atoms with E-state index in [2.05, 4.69) is 0 Å². The van der Waals surface area contributed by atoms with Crippen LogP contribution in [0.2, 0.25) is 0 Å². The highest BCUT2D eigenvalue weighted by molar-refractivity contribution is 5.94. The number of nitro groups is 1. The van der Waals surface area contributed by atoms with Crippen LogP contribution < -0.4 is 14.8 Å². The summed E-state index contributed by atoms with van der Waals surface area (Å²) in [6.07, 6.45) is -4.63. The second-order valence-corrected chi connectivity index (χ2v) is 8.32. The van der Waals surface area contributed by atoms with Gasteiger partial charge in [0.1, 0.15) is 0 Å². The molecule has 3 rings (SSSR count). The summed E-state index contributed by atoms with van der Waals surface area (Å²) < 4.78 is 55.2. The Hall–Kier alpha value is -4.36. The van der Waals surface area contributed by atoms with Crippen LogP contribution in [-0.4, -0.2) is 61.5 Å². The number of methoxy groups -OCH3 is 2. The number of hydrogen-bond donors (Lipinski definition) is 1. The molecule has 2 amide bonds. The van der Waals surface area contributed by atoms with Gasteiger partial charge in [-0.05, 0) is 30.2 Å². The highest BCUT2D eigenvalue weighted by atomic mass is 19.4. The number of likely N-dealkylation sites (tertiary alicyclic amines) is 1. The van der Waals surface area contributed by atoms with Crippen LogP contribution in [0, 0.1) is 16.0 Å². The number of non-ortho nitro benzene ring substituents is 1. The summed E-state index contributed by atoms with van der Waals surface area (Å²) in [7, 11) is 3.02. The molecule has 1 fully saturated rings. The molecule has 11 nitrogen and oxygen atoms in total. The molecular formula is C24H24F3N3O8. The van der Waals surface area contributed by atoms with Crippen LogP contribution in [0.25, 0.3) is 0 Å². The fraction of sp³-hybridized carbons (Fsp3) is 0.375. The molecule has 204 valence electrons. The molecule has 0 radical (unpaired) electrons. The van der Waals surface area contributed by atoms with Gasteiger partial charge >= 0.3 is 12.1 Å². The molecule has 1 N–H and O–H groups in total. The highest BCUT2D eigenvalue weighted by Gasteiger charge is 2.37. The largest absolute Gasteiger partial charge is 0.493 e. The van der Waals surface area contributed by atoms with Crippen LogP contribution in [0.4, 0.5) is 24.5 Å². The van der Waals surface area contributed by atoms with E-state index in [0.717, 1.165) is 17.7 Å². The van der Waals surface area contributed by atoms with Gasteiger partial charge in [0.05, 0.1) is 36.3 Å². The summed E-state index contributed by atoms with van der Waals surface area (Å²) in [5.41, 5.74) is -2.06. The lowest BCUT2D eigenvalue weighted by atomic mass is 10.1. The van der Waals surface area contributed by atoms with Crippen LogP contribution in [0.3, 0.4) is 0 Å². The van der Waals surface area contributed by atoms with E-state index in [1.165, 1.54) is 19.1 Å². The number of esters is 1. The predicted octanol–water partition coefficient (Wildman–Crippen LogP) is 3.20. The quantitative estimate of drug-likeness (QED) is 0.276. The van der Waals surface area contributed by atoms with Crippen molar-refractivity contribution in [1.29, 1.82) is 0 Å². The summed E-state index contributed by atoms with van der Waals surface area (Å²) in [6.45, 7) is -0.518. The molecule has 1 atom stereocenters. The normalized spacial score (nSPS) is 15.2. The number of halogens is 3. The molecule has 14 heteroatoms. The number of amides is 2. The third-order valence-corrected chi connectivity index (χ3v) is 5.81. The molecule has 2 aromatic carbocycles. The first-order valence-corrected chi connectivity index (χ1v) is 11.2. The Labute approximate surface area is 214 Å². The van der Waals surface area contributed by atoms with Crippen molar-refractivity contribution in [3.8, 4) is 11.5 Å². The van der Waals surface area contributed by atoms with Crippen molar-refractivity contribution in [3.05, 3.63) is 57.6 Å². The lowest BCUT2D eigenvalue weighted by Crippen LogP contribution is -2.30. The topological polar surface area (TPSA) is 137 Å². The van der Waals surface area contributed by atoms with E-state index in [1.807, 2.05) is 11.4 Å². The highest BCUT2D eigenvalue weighted by Crippen LogP contribution is 2.37. The fourth-order valence-electron chi connectivity index (χ4n) is 3.88. The minimum Gasteiger partial charge on any atom is -0.493 e. The van der Waals surface area contributed by atoms with Crippen molar-refractivity contribution in [2.24, 2.45) is 5.92 Å². The Morgan fingerprint density at radius 2 is 1.84 bits per heavy atom. The van der Waals surface area contributed by atoms with E-state index in [9.17, 15) is 37.7 Å². The molecule has 1 aliphatic heterocycles. The third kappa shape index (κ3) is 6.89. The number of hydrogen-bond acceptors (Lipinski definition) is 8. The number of ether oxygens (including phenoxy) is 3. The monoisotopic (exact) mass is 539 g/mol. The van der Waals surface area contributed by atoms with Gasteiger partial charge in [0.2, 0.25) is 5.91 Å². The van der Waals surface area contributed by atoms with Crippen molar-refractivity contribution in [2.45, 2.75) is 19.0 Å². The van der Waals surface area contributed by atoms with E-state index in [4.69, 9.17) is 14.2 Å². The van der Waals surface area contributed by atoms with Gasteiger partial charge in [-0.25, -0.2) is 0 Å². The molecular weight excluding hydrogens is 515 g/mol. The third-order valence-electron chi connectivity index (χ3n) is 5.81. The number of nitro benzene ring substituents is 1. The maximum Gasteiger partial charge on any atom is 0.418 e. The number of benzene rings is 2. The van der Waals surface area contributed by atoms with E-state index < -0.39 is 52.4 Å². The molecule has 1 unspecified atom stereocenters. The average Bonchev–Trinajstić information content (AvgIpc) is 3.25. The SMILES string of the molecule is COc1ccc(CCN2CC(C(=O)OCC(=O)Nc3ccc([N+](=O)[O-])cc3C(F)(F)F)CC2=O)cc1OC. The number of alkyl halides is 3. The number of rotatable bonds is 10. The number of anilines is 1. The van der Waals surface area contributed by atoms with Crippen LogP contribution in [0.15, 0.2) is 36.4 Å². The van der Waals surface area contributed by atoms with E-state index >= 15 is 0 Å². The van der Waals surface area contributed by atoms with Crippen molar-refractivity contribution in [3.63, 3.8) is 0 Å². The van der Waals surface area contributed by atoms with Gasteiger partial charge in [0.15, 0.2) is 18.1 Å². The van der Waals surface area contributed by atoms with Crippen LogP contribution >= 0.6 is 0 Å². The van der Waals surface area contributed by atoms with E-state index in [1.54, 1.807) is 12.1 Å². The van der Waals surface area contributed by atoms with Crippen molar-refractivity contribution < 1.29 is 46.7 Å². The molecule has 0 aliphatic carbocycles. The molecule has 1 aliphatic rings.